The fraction of sp³-hybridized carbons (Fsp3) is 0.448. The first kappa shape index (κ1) is 27.2. The van der Waals surface area contributed by atoms with Crippen LogP contribution in [0, 0.1) is 5.41 Å². The van der Waals surface area contributed by atoms with Crippen molar-refractivity contribution in [1.29, 1.82) is 0 Å². The Labute approximate surface area is 224 Å². The topological polar surface area (TPSA) is 114 Å². The highest BCUT2D eigenvalue weighted by Crippen LogP contribution is 2.29. The molecule has 0 fully saturated rings. The van der Waals surface area contributed by atoms with E-state index >= 15 is 0 Å². The summed E-state index contributed by atoms with van der Waals surface area (Å²) in [5, 5.41) is 22.4. The van der Waals surface area contributed by atoms with E-state index < -0.39 is 0 Å². The first-order valence-corrected chi connectivity index (χ1v) is 13.4. The first-order valence-electron chi connectivity index (χ1n) is 13.4. The van der Waals surface area contributed by atoms with Gasteiger partial charge in [-0.25, -0.2) is 9.67 Å². The molecule has 4 aromatic rings. The van der Waals surface area contributed by atoms with Gasteiger partial charge in [-0.2, -0.15) is 10.3 Å². The van der Waals surface area contributed by atoms with Gasteiger partial charge in [0.05, 0.1) is 6.54 Å². The van der Waals surface area contributed by atoms with Crippen molar-refractivity contribution in [3.8, 4) is 22.5 Å². The van der Waals surface area contributed by atoms with Gasteiger partial charge in [-0.1, -0.05) is 82.6 Å². The first-order chi connectivity index (χ1) is 18.3. The Morgan fingerprint density at radius 3 is 2.45 bits per heavy atom. The molecule has 2 aromatic heterocycles. The normalized spacial score (nSPS) is 11.6. The maximum atomic E-state index is 12.1. The summed E-state index contributed by atoms with van der Waals surface area (Å²) < 4.78 is 2.03. The number of tetrazole rings is 1. The third-order valence-electron chi connectivity index (χ3n) is 6.25. The quantitative estimate of drug-likeness (QED) is 0.257. The number of aromatic amines is 1. The molecule has 2 N–H and O–H groups in total. The molecule has 2 aromatic carbocycles. The zero-order valence-electron chi connectivity index (χ0n) is 22.9. The number of H-pyrrole nitrogens is 1. The van der Waals surface area contributed by atoms with Gasteiger partial charge in [0.25, 0.3) is 0 Å². The van der Waals surface area contributed by atoms with E-state index in [1.165, 1.54) is 0 Å². The number of unbranched alkanes of at least 4 members (excludes halogenated alkanes) is 1. The summed E-state index contributed by atoms with van der Waals surface area (Å²) in [5.74, 6) is 2.54. The summed E-state index contributed by atoms with van der Waals surface area (Å²) in [6.45, 7) is 9.71. The third-order valence-corrected chi connectivity index (χ3v) is 6.25. The smallest absolute Gasteiger partial charge is 0.220 e. The van der Waals surface area contributed by atoms with Crippen LogP contribution in [0.3, 0.4) is 0 Å². The second-order valence-corrected chi connectivity index (χ2v) is 10.9. The Morgan fingerprint density at radius 2 is 1.76 bits per heavy atom. The van der Waals surface area contributed by atoms with E-state index in [1.807, 2.05) is 22.9 Å². The number of hydrogen-bond donors (Lipinski definition) is 2. The standard InChI is InChI=1S/C29H38N8O/c1-5-6-13-26-31-25(12-9-18-30-27(38)19-29(2,3)4)34-37(26)20-21-14-16-22(17-15-21)23-10-7-8-11-24(23)28-32-35-36-33-28/h7-8,10-11,14-17H,5-6,9,12-13,18-20H2,1-4H3,(H,30,38)(H,32,33,35,36). The molecule has 9 heteroatoms. The van der Waals surface area contributed by atoms with Crippen molar-refractivity contribution in [2.24, 2.45) is 5.41 Å². The highest BCUT2D eigenvalue weighted by molar-refractivity contribution is 5.80. The zero-order chi connectivity index (χ0) is 27.0. The van der Waals surface area contributed by atoms with Crippen molar-refractivity contribution < 1.29 is 4.79 Å². The summed E-state index contributed by atoms with van der Waals surface area (Å²) >= 11 is 0. The summed E-state index contributed by atoms with van der Waals surface area (Å²) in [6, 6.07) is 16.6. The van der Waals surface area contributed by atoms with Crippen molar-refractivity contribution in [3.05, 3.63) is 65.7 Å². The average molecular weight is 515 g/mol. The maximum absolute atomic E-state index is 12.1. The van der Waals surface area contributed by atoms with Crippen LogP contribution < -0.4 is 5.32 Å². The molecule has 9 nitrogen and oxygen atoms in total. The Morgan fingerprint density at radius 1 is 1.00 bits per heavy atom. The number of aryl methyl sites for hydroxylation is 2. The largest absolute Gasteiger partial charge is 0.356 e. The number of amides is 1. The number of nitrogens with one attached hydrogen (secondary N) is 2. The van der Waals surface area contributed by atoms with Crippen molar-refractivity contribution in [1.82, 2.24) is 40.7 Å². The molecule has 4 rings (SSSR count). The highest BCUT2D eigenvalue weighted by Gasteiger charge is 2.16. The molecule has 0 unspecified atom stereocenters. The third kappa shape index (κ3) is 7.57. The molecule has 200 valence electrons. The van der Waals surface area contributed by atoms with E-state index in [9.17, 15) is 4.79 Å². The van der Waals surface area contributed by atoms with Crippen LogP contribution in [0.1, 0.15) is 70.6 Å². The van der Waals surface area contributed by atoms with E-state index in [-0.39, 0.29) is 11.3 Å². The molecule has 0 radical (unpaired) electrons. The van der Waals surface area contributed by atoms with Crippen LogP contribution in [0.15, 0.2) is 48.5 Å². The predicted octanol–water partition coefficient (Wildman–Crippen LogP) is 5.00. The van der Waals surface area contributed by atoms with Crippen LogP contribution in [0.2, 0.25) is 0 Å². The summed E-state index contributed by atoms with van der Waals surface area (Å²) in [6.07, 6.45) is 5.18. The monoisotopic (exact) mass is 514 g/mol. The molecule has 0 aliphatic heterocycles. The molecule has 0 atom stereocenters. The average Bonchev–Trinajstić information content (AvgIpc) is 3.55. The number of benzene rings is 2. The van der Waals surface area contributed by atoms with Gasteiger partial charge in [-0.05, 0) is 40.2 Å². The highest BCUT2D eigenvalue weighted by atomic mass is 16.1. The minimum atomic E-state index is -0.00553. The Balaban J connectivity index is 1.41. The molecular weight excluding hydrogens is 476 g/mol. The molecule has 0 saturated carbocycles. The Bertz CT molecular complexity index is 1300. The number of carbonyl (C=O) groups excluding carboxylic acids is 1. The van der Waals surface area contributed by atoms with E-state index in [0.29, 0.717) is 25.3 Å². The van der Waals surface area contributed by atoms with Gasteiger partial charge < -0.3 is 5.32 Å². The van der Waals surface area contributed by atoms with Gasteiger partial charge in [-0.15, -0.1) is 10.2 Å². The minimum Gasteiger partial charge on any atom is -0.356 e. The molecular formula is C29H38N8O. The fourth-order valence-electron chi connectivity index (χ4n) is 4.37. The molecule has 1 amide bonds. The van der Waals surface area contributed by atoms with Crippen molar-refractivity contribution in [2.75, 3.05) is 6.54 Å². The number of nitrogens with zero attached hydrogens (tertiary/aromatic N) is 6. The van der Waals surface area contributed by atoms with Gasteiger partial charge in [0.2, 0.25) is 11.7 Å². The van der Waals surface area contributed by atoms with E-state index in [2.05, 4.69) is 84.0 Å². The molecule has 38 heavy (non-hydrogen) atoms. The van der Waals surface area contributed by atoms with Crippen LogP contribution >= 0.6 is 0 Å². The number of aromatic nitrogens is 7. The Hall–Kier alpha value is -3.88. The molecule has 0 saturated heterocycles. The Kier molecular flexibility index (Phi) is 8.99. The summed E-state index contributed by atoms with van der Waals surface area (Å²) in [4.78, 5) is 16.9. The minimum absolute atomic E-state index is 0.00553. The van der Waals surface area contributed by atoms with Gasteiger partial charge >= 0.3 is 0 Å². The van der Waals surface area contributed by atoms with Gasteiger partial charge in [0.1, 0.15) is 5.82 Å². The number of rotatable bonds is 12. The SMILES string of the molecule is CCCCc1nc(CCCNC(=O)CC(C)(C)C)nn1Cc1ccc(-c2ccccc2-c2nn[nH]n2)cc1. The number of hydrogen-bond acceptors (Lipinski definition) is 6. The van der Waals surface area contributed by atoms with Crippen LogP contribution in [0.4, 0.5) is 0 Å². The van der Waals surface area contributed by atoms with E-state index in [1.54, 1.807) is 0 Å². The zero-order valence-corrected chi connectivity index (χ0v) is 22.9. The summed E-state index contributed by atoms with van der Waals surface area (Å²) in [5.41, 5.74) is 4.24. The van der Waals surface area contributed by atoms with Crippen molar-refractivity contribution in [3.63, 3.8) is 0 Å². The lowest BCUT2D eigenvalue weighted by atomic mass is 9.92. The molecule has 2 heterocycles. The van der Waals surface area contributed by atoms with E-state index in [0.717, 1.165) is 66.0 Å². The molecule has 0 spiro atoms. The second-order valence-electron chi connectivity index (χ2n) is 10.9. The van der Waals surface area contributed by atoms with Gasteiger partial charge in [-0.3, -0.25) is 4.79 Å². The van der Waals surface area contributed by atoms with Gasteiger partial charge in [0.15, 0.2) is 5.82 Å². The summed E-state index contributed by atoms with van der Waals surface area (Å²) in [7, 11) is 0. The molecule has 0 aliphatic rings. The van der Waals surface area contributed by atoms with E-state index in [4.69, 9.17) is 10.1 Å². The van der Waals surface area contributed by atoms with Crippen molar-refractivity contribution in [2.45, 2.75) is 72.8 Å². The lowest BCUT2D eigenvalue weighted by Crippen LogP contribution is -2.28. The lowest BCUT2D eigenvalue weighted by molar-refractivity contribution is -0.122. The van der Waals surface area contributed by atoms with Crippen LogP contribution in [0.25, 0.3) is 22.5 Å². The predicted molar refractivity (Wildman–Crippen MR) is 148 cm³/mol. The van der Waals surface area contributed by atoms with Crippen molar-refractivity contribution >= 4 is 5.91 Å². The lowest BCUT2D eigenvalue weighted by Gasteiger charge is -2.17. The molecule has 0 aliphatic carbocycles. The van der Waals surface area contributed by atoms with Gasteiger partial charge in [0, 0.05) is 31.4 Å². The fourth-order valence-corrected chi connectivity index (χ4v) is 4.37. The maximum Gasteiger partial charge on any atom is 0.220 e. The van der Waals surface area contributed by atoms with Crippen LogP contribution in [-0.4, -0.2) is 47.8 Å². The second kappa shape index (κ2) is 12.6. The van der Waals surface area contributed by atoms with Crippen LogP contribution in [0.5, 0.6) is 0 Å². The molecule has 0 bridgehead atoms. The van der Waals surface area contributed by atoms with Crippen LogP contribution in [-0.2, 0) is 24.2 Å². The number of carbonyl (C=O) groups is 1.